The molecule has 108 valence electrons. The summed E-state index contributed by atoms with van der Waals surface area (Å²) in [6.45, 7) is 4.53. The molecule has 0 radical (unpaired) electrons. The number of nitrogens with zero attached hydrogens (tertiary/aromatic N) is 1. The van der Waals surface area contributed by atoms with Gasteiger partial charge in [-0.15, -0.1) is 0 Å². The van der Waals surface area contributed by atoms with Crippen LogP contribution in [0.5, 0.6) is 0 Å². The number of hydrogen-bond acceptors (Lipinski definition) is 4. The first-order valence-electron chi connectivity index (χ1n) is 7.16. The van der Waals surface area contributed by atoms with Crippen molar-refractivity contribution in [2.75, 3.05) is 38.2 Å². The van der Waals surface area contributed by atoms with Gasteiger partial charge < -0.3 is 10.2 Å². The molecule has 0 bridgehead atoms. The highest BCUT2D eigenvalue weighted by Crippen LogP contribution is 2.21. The SMILES string of the molecule is CCS(=O)(=O)CCCNCCN(C)C1CCCC1. The smallest absolute Gasteiger partial charge is 0.150 e. The van der Waals surface area contributed by atoms with Gasteiger partial charge >= 0.3 is 0 Å². The molecule has 1 fully saturated rings. The third kappa shape index (κ3) is 6.16. The Balaban J connectivity index is 1.98. The summed E-state index contributed by atoms with van der Waals surface area (Å²) < 4.78 is 22.6. The normalized spacial score (nSPS) is 17.7. The summed E-state index contributed by atoms with van der Waals surface area (Å²) in [6, 6.07) is 0.771. The molecule has 1 aliphatic carbocycles. The van der Waals surface area contributed by atoms with Crippen molar-refractivity contribution in [3.05, 3.63) is 0 Å². The molecule has 5 heteroatoms. The van der Waals surface area contributed by atoms with Crippen molar-refractivity contribution >= 4 is 9.84 Å². The monoisotopic (exact) mass is 276 g/mol. The van der Waals surface area contributed by atoms with Crippen LogP contribution in [0.3, 0.4) is 0 Å². The van der Waals surface area contributed by atoms with Crippen molar-refractivity contribution in [2.45, 2.75) is 45.1 Å². The van der Waals surface area contributed by atoms with Crippen LogP contribution in [0, 0.1) is 0 Å². The molecular weight excluding hydrogens is 248 g/mol. The van der Waals surface area contributed by atoms with Crippen LogP contribution >= 0.6 is 0 Å². The van der Waals surface area contributed by atoms with E-state index >= 15 is 0 Å². The minimum absolute atomic E-state index is 0.261. The van der Waals surface area contributed by atoms with Crippen LogP contribution < -0.4 is 5.32 Å². The van der Waals surface area contributed by atoms with E-state index < -0.39 is 9.84 Å². The van der Waals surface area contributed by atoms with Crippen molar-refractivity contribution in [3.8, 4) is 0 Å². The van der Waals surface area contributed by atoms with Crippen molar-refractivity contribution in [3.63, 3.8) is 0 Å². The van der Waals surface area contributed by atoms with Gasteiger partial charge in [0.05, 0.1) is 5.75 Å². The molecule has 0 amide bonds. The van der Waals surface area contributed by atoms with Gasteiger partial charge in [-0.3, -0.25) is 0 Å². The molecule has 0 aromatic heterocycles. The van der Waals surface area contributed by atoms with Gasteiger partial charge in [0.25, 0.3) is 0 Å². The maximum absolute atomic E-state index is 11.3. The van der Waals surface area contributed by atoms with Gasteiger partial charge in [0.2, 0.25) is 0 Å². The fraction of sp³-hybridized carbons (Fsp3) is 1.00. The van der Waals surface area contributed by atoms with Gasteiger partial charge in [-0.25, -0.2) is 8.42 Å². The highest BCUT2D eigenvalue weighted by atomic mass is 32.2. The lowest BCUT2D eigenvalue weighted by molar-refractivity contribution is 0.246. The topological polar surface area (TPSA) is 49.4 Å². The lowest BCUT2D eigenvalue weighted by Crippen LogP contribution is -2.35. The molecule has 0 saturated heterocycles. The van der Waals surface area contributed by atoms with Crippen molar-refractivity contribution in [1.82, 2.24) is 10.2 Å². The van der Waals surface area contributed by atoms with Crippen LogP contribution in [-0.4, -0.2) is 57.5 Å². The highest BCUT2D eigenvalue weighted by Gasteiger charge is 2.18. The summed E-state index contributed by atoms with van der Waals surface area (Å²) in [5, 5.41) is 3.33. The average molecular weight is 276 g/mol. The molecule has 0 spiro atoms. The fourth-order valence-electron chi connectivity index (χ4n) is 2.47. The molecule has 0 unspecified atom stereocenters. The van der Waals surface area contributed by atoms with E-state index in [9.17, 15) is 8.42 Å². The van der Waals surface area contributed by atoms with Crippen LogP contribution in [-0.2, 0) is 9.84 Å². The predicted molar refractivity (Wildman–Crippen MR) is 76.7 cm³/mol. The Bertz CT molecular complexity index is 311. The van der Waals surface area contributed by atoms with E-state index in [2.05, 4.69) is 17.3 Å². The highest BCUT2D eigenvalue weighted by molar-refractivity contribution is 7.91. The zero-order chi connectivity index (χ0) is 13.4. The number of sulfone groups is 1. The van der Waals surface area contributed by atoms with Crippen LogP contribution in [0.4, 0.5) is 0 Å². The van der Waals surface area contributed by atoms with Crippen molar-refractivity contribution < 1.29 is 8.42 Å². The Morgan fingerprint density at radius 3 is 2.50 bits per heavy atom. The summed E-state index contributed by atoms with van der Waals surface area (Å²) >= 11 is 0. The van der Waals surface area contributed by atoms with Gasteiger partial charge in [0, 0.05) is 24.9 Å². The van der Waals surface area contributed by atoms with Crippen LogP contribution in [0.15, 0.2) is 0 Å². The molecule has 1 aliphatic rings. The van der Waals surface area contributed by atoms with E-state index in [0.717, 1.165) is 32.1 Å². The summed E-state index contributed by atoms with van der Waals surface area (Å²) in [4.78, 5) is 2.43. The van der Waals surface area contributed by atoms with Crippen LogP contribution in [0.1, 0.15) is 39.0 Å². The van der Waals surface area contributed by atoms with E-state index in [1.165, 1.54) is 25.7 Å². The second kappa shape index (κ2) is 8.12. The molecule has 0 aromatic rings. The largest absolute Gasteiger partial charge is 0.315 e. The molecule has 1 rings (SSSR count). The Morgan fingerprint density at radius 2 is 1.89 bits per heavy atom. The lowest BCUT2D eigenvalue weighted by atomic mass is 10.2. The average Bonchev–Trinajstić information content (AvgIpc) is 2.87. The molecular formula is C13H28N2O2S. The summed E-state index contributed by atoms with van der Waals surface area (Å²) in [5.41, 5.74) is 0. The Kier molecular flexibility index (Phi) is 7.19. The van der Waals surface area contributed by atoms with E-state index in [-0.39, 0.29) is 5.75 Å². The second-order valence-electron chi connectivity index (χ2n) is 5.26. The molecule has 0 aliphatic heterocycles. The fourth-order valence-corrected chi connectivity index (χ4v) is 3.34. The Hall–Kier alpha value is -0.130. The molecule has 1 N–H and O–H groups in total. The molecule has 0 heterocycles. The minimum Gasteiger partial charge on any atom is -0.315 e. The van der Waals surface area contributed by atoms with Gasteiger partial charge in [-0.2, -0.15) is 0 Å². The van der Waals surface area contributed by atoms with Crippen molar-refractivity contribution in [2.24, 2.45) is 0 Å². The first-order chi connectivity index (χ1) is 8.55. The first kappa shape index (κ1) is 15.9. The Labute approximate surface area is 112 Å². The van der Waals surface area contributed by atoms with E-state index in [1.807, 2.05) is 0 Å². The number of nitrogens with one attached hydrogen (secondary N) is 1. The lowest BCUT2D eigenvalue weighted by Gasteiger charge is -2.23. The van der Waals surface area contributed by atoms with Crippen LogP contribution in [0.25, 0.3) is 0 Å². The molecule has 1 saturated carbocycles. The second-order valence-corrected chi connectivity index (χ2v) is 7.73. The first-order valence-corrected chi connectivity index (χ1v) is 8.98. The van der Waals surface area contributed by atoms with Gasteiger partial charge in [0.15, 0.2) is 0 Å². The summed E-state index contributed by atoms with van der Waals surface area (Å²) in [6.07, 6.45) is 6.15. The Morgan fingerprint density at radius 1 is 1.22 bits per heavy atom. The molecule has 18 heavy (non-hydrogen) atoms. The van der Waals surface area contributed by atoms with Gasteiger partial charge in [-0.05, 0) is 32.9 Å². The van der Waals surface area contributed by atoms with E-state index in [4.69, 9.17) is 0 Å². The third-order valence-corrected chi connectivity index (χ3v) is 5.63. The maximum atomic E-state index is 11.3. The standard InChI is InChI=1S/C13H28N2O2S/c1-3-18(16,17)12-6-9-14-10-11-15(2)13-7-4-5-8-13/h13-14H,3-12H2,1-2H3. The molecule has 0 atom stereocenters. The minimum atomic E-state index is -2.79. The van der Waals surface area contributed by atoms with Crippen molar-refractivity contribution in [1.29, 1.82) is 0 Å². The quantitative estimate of drug-likeness (QED) is 0.645. The third-order valence-electron chi connectivity index (χ3n) is 3.84. The number of rotatable bonds is 9. The summed E-state index contributed by atoms with van der Waals surface area (Å²) in [7, 11) is -0.593. The predicted octanol–water partition coefficient (Wildman–Crippen LogP) is 1.28. The molecule has 4 nitrogen and oxygen atoms in total. The zero-order valence-corrected chi connectivity index (χ0v) is 12.6. The van der Waals surface area contributed by atoms with E-state index in [1.54, 1.807) is 6.92 Å². The zero-order valence-electron chi connectivity index (χ0n) is 11.8. The maximum Gasteiger partial charge on any atom is 0.150 e. The molecule has 0 aromatic carbocycles. The van der Waals surface area contributed by atoms with Crippen LogP contribution in [0.2, 0.25) is 0 Å². The number of likely N-dealkylation sites (N-methyl/N-ethyl adjacent to an activating group) is 1. The van der Waals surface area contributed by atoms with Gasteiger partial charge in [0.1, 0.15) is 9.84 Å². The van der Waals surface area contributed by atoms with Gasteiger partial charge in [-0.1, -0.05) is 19.8 Å². The van der Waals surface area contributed by atoms with E-state index in [0.29, 0.717) is 5.75 Å². The number of hydrogen-bond donors (Lipinski definition) is 1. The summed E-state index contributed by atoms with van der Waals surface area (Å²) in [5.74, 6) is 0.576.